The number of carboxylic acid groups (broad SMARTS) is 1. The fourth-order valence-electron chi connectivity index (χ4n) is 2.42. The number of ether oxygens (including phenoxy) is 1. The van der Waals surface area contributed by atoms with Crippen LogP contribution in [0.25, 0.3) is 0 Å². The molecule has 132 valence electrons. The fraction of sp³-hybridized carbons (Fsp3) is 0.812. The maximum Gasteiger partial charge on any atom is 0.408 e. The number of rotatable bonds is 5. The maximum absolute atomic E-state index is 12.2. The van der Waals surface area contributed by atoms with Gasteiger partial charge in [-0.25, -0.2) is 9.59 Å². The molecule has 7 heteroatoms. The number of amides is 2. The largest absolute Gasteiger partial charge is 0.479 e. The van der Waals surface area contributed by atoms with Crippen molar-refractivity contribution in [3.63, 3.8) is 0 Å². The van der Waals surface area contributed by atoms with Crippen LogP contribution in [-0.4, -0.2) is 52.2 Å². The molecule has 7 nitrogen and oxygen atoms in total. The minimum atomic E-state index is -1.48. The molecule has 0 bridgehead atoms. The molecule has 0 saturated carbocycles. The molecular weight excluding hydrogens is 300 g/mol. The first-order valence-corrected chi connectivity index (χ1v) is 7.97. The molecule has 23 heavy (non-hydrogen) atoms. The van der Waals surface area contributed by atoms with E-state index in [0.29, 0.717) is 18.9 Å². The third-order valence-electron chi connectivity index (χ3n) is 3.71. The van der Waals surface area contributed by atoms with E-state index in [9.17, 15) is 19.5 Å². The second kappa shape index (κ2) is 7.19. The lowest BCUT2D eigenvalue weighted by molar-refractivity contribution is -0.144. The second-order valence-electron chi connectivity index (χ2n) is 7.51. The lowest BCUT2D eigenvalue weighted by Gasteiger charge is -2.28. The van der Waals surface area contributed by atoms with E-state index in [0.717, 1.165) is 6.42 Å². The van der Waals surface area contributed by atoms with Gasteiger partial charge in [-0.15, -0.1) is 0 Å². The van der Waals surface area contributed by atoms with Gasteiger partial charge in [0, 0.05) is 19.4 Å². The van der Waals surface area contributed by atoms with E-state index >= 15 is 0 Å². The summed E-state index contributed by atoms with van der Waals surface area (Å²) in [6.07, 6.45) is 0.542. The molecule has 1 fully saturated rings. The summed E-state index contributed by atoms with van der Waals surface area (Å²) in [4.78, 5) is 37.2. The van der Waals surface area contributed by atoms with Crippen LogP contribution in [0.2, 0.25) is 0 Å². The van der Waals surface area contributed by atoms with E-state index in [4.69, 9.17) is 4.74 Å². The van der Waals surface area contributed by atoms with Crippen molar-refractivity contribution in [1.82, 2.24) is 10.2 Å². The Balaban J connectivity index is 2.71. The van der Waals surface area contributed by atoms with Gasteiger partial charge in [0.2, 0.25) is 5.91 Å². The summed E-state index contributed by atoms with van der Waals surface area (Å²) in [5.41, 5.74) is -2.19. The fourth-order valence-corrected chi connectivity index (χ4v) is 2.42. The van der Waals surface area contributed by atoms with Crippen LogP contribution in [0.3, 0.4) is 0 Å². The van der Waals surface area contributed by atoms with Crippen molar-refractivity contribution < 1.29 is 24.2 Å². The molecule has 2 N–H and O–H groups in total. The van der Waals surface area contributed by atoms with Crippen LogP contribution < -0.4 is 5.32 Å². The quantitative estimate of drug-likeness (QED) is 0.805. The Hall–Kier alpha value is -1.79. The number of likely N-dealkylation sites (tertiary alicyclic amines) is 1. The van der Waals surface area contributed by atoms with Gasteiger partial charge in [0.05, 0.1) is 6.54 Å². The molecule has 1 aliphatic rings. The van der Waals surface area contributed by atoms with Gasteiger partial charge in [0.25, 0.3) is 0 Å². The summed E-state index contributed by atoms with van der Waals surface area (Å²) in [6, 6.07) is 0. The SMILES string of the molecule is CC(C)CCC(=O)N1CCC(NC(=O)OC(C)(C)C)(C(=O)O)C1. The molecule has 1 heterocycles. The summed E-state index contributed by atoms with van der Waals surface area (Å²) in [5, 5.41) is 12.0. The summed E-state index contributed by atoms with van der Waals surface area (Å²) < 4.78 is 5.13. The number of nitrogens with one attached hydrogen (secondary N) is 1. The van der Waals surface area contributed by atoms with Crippen LogP contribution in [-0.2, 0) is 14.3 Å². The second-order valence-corrected chi connectivity index (χ2v) is 7.51. The zero-order chi connectivity index (χ0) is 17.8. The van der Waals surface area contributed by atoms with Crippen molar-refractivity contribution in [2.75, 3.05) is 13.1 Å². The zero-order valence-electron chi connectivity index (χ0n) is 14.6. The topological polar surface area (TPSA) is 95.9 Å². The highest BCUT2D eigenvalue weighted by atomic mass is 16.6. The van der Waals surface area contributed by atoms with Crippen molar-refractivity contribution >= 4 is 18.0 Å². The minimum absolute atomic E-state index is 0.0293. The number of hydrogen-bond donors (Lipinski definition) is 2. The molecule has 0 aromatic rings. The Kier molecular flexibility index (Phi) is 6.02. The Morgan fingerprint density at radius 3 is 2.39 bits per heavy atom. The molecule has 1 rings (SSSR count). The molecule has 0 aromatic heterocycles. The third kappa shape index (κ3) is 5.73. The van der Waals surface area contributed by atoms with Gasteiger partial charge in [-0.05, 0) is 33.1 Å². The maximum atomic E-state index is 12.2. The lowest BCUT2D eigenvalue weighted by Crippen LogP contribution is -2.57. The van der Waals surface area contributed by atoms with Crippen LogP contribution in [0.1, 0.15) is 53.9 Å². The summed E-state index contributed by atoms with van der Waals surface area (Å²) in [6.45, 7) is 9.46. The molecule has 0 radical (unpaired) electrons. The van der Waals surface area contributed by atoms with Crippen molar-refractivity contribution in [2.45, 2.75) is 65.0 Å². The van der Waals surface area contributed by atoms with Crippen LogP contribution in [0.4, 0.5) is 4.79 Å². The molecule has 1 aliphatic heterocycles. The standard InChI is InChI=1S/C16H28N2O5/c1-11(2)6-7-12(19)18-9-8-16(10-18,13(20)21)17-14(22)23-15(3,4)5/h11H,6-10H2,1-5H3,(H,17,22)(H,20,21). The number of alkyl carbamates (subject to hydrolysis) is 1. The Labute approximate surface area is 137 Å². The van der Waals surface area contributed by atoms with E-state index in [-0.39, 0.29) is 18.9 Å². The van der Waals surface area contributed by atoms with E-state index in [1.165, 1.54) is 4.90 Å². The lowest BCUT2D eigenvalue weighted by atomic mass is 9.99. The van der Waals surface area contributed by atoms with Crippen LogP contribution >= 0.6 is 0 Å². The Bertz CT molecular complexity index is 470. The Morgan fingerprint density at radius 1 is 1.30 bits per heavy atom. The highest BCUT2D eigenvalue weighted by molar-refractivity contribution is 5.87. The van der Waals surface area contributed by atoms with E-state index in [1.807, 2.05) is 13.8 Å². The number of carbonyl (C=O) groups is 3. The number of nitrogens with zero attached hydrogens (tertiary/aromatic N) is 1. The third-order valence-corrected chi connectivity index (χ3v) is 3.71. The van der Waals surface area contributed by atoms with Gasteiger partial charge < -0.3 is 20.1 Å². The van der Waals surface area contributed by atoms with Crippen molar-refractivity contribution in [2.24, 2.45) is 5.92 Å². The van der Waals surface area contributed by atoms with Crippen molar-refractivity contribution in [3.8, 4) is 0 Å². The number of hydrogen-bond acceptors (Lipinski definition) is 4. The van der Waals surface area contributed by atoms with E-state index < -0.39 is 23.2 Å². The van der Waals surface area contributed by atoms with Crippen molar-refractivity contribution in [1.29, 1.82) is 0 Å². The van der Waals surface area contributed by atoms with Crippen LogP contribution in [0.15, 0.2) is 0 Å². The van der Waals surface area contributed by atoms with E-state index in [2.05, 4.69) is 5.32 Å². The average Bonchev–Trinajstić information content (AvgIpc) is 2.79. The highest BCUT2D eigenvalue weighted by Crippen LogP contribution is 2.24. The molecule has 0 spiro atoms. The first kappa shape index (κ1) is 19.3. The van der Waals surface area contributed by atoms with Gasteiger partial charge >= 0.3 is 12.1 Å². The molecule has 1 unspecified atom stereocenters. The predicted octanol–water partition coefficient (Wildman–Crippen LogP) is 2.00. The van der Waals surface area contributed by atoms with Gasteiger partial charge in [-0.2, -0.15) is 0 Å². The van der Waals surface area contributed by atoms with Gasteiger partial charge in [0.15, 0.2) is 5.54 Å². The van der Waals surface area contributed by atoms with Crippen molar-refractivity contribution in [3.05, 3.63) is 0 Å². The molecule has 1 saturated heterocycles. The summed E-state index contributed by atoms with van der Waals surface area (Å²) >= 11 is 0. The molecule has 1 atom stereocenters. The van der Waals surface area contributed by atoms with Gasteiger partial charge in [-0.1, -0.05) is 13.8 Å². The zero-order valence-corrected chi connectivity index (χ0v) is 14.6. The molecular formula is C16H28N2O5. The average molecular weight is 328 g/mol. The first-order valence-electron chi connectivity index (χ1n) is 7.97. The molecule has 0 aromatic carbocycles. The Morgan fingerprint density at radius 2 is 1.91 bits per heavy atom. The van der Waals surface area contributed by atoms with Gasteiger partial charge in [0.1, 0.15) is 5.60 Å². The number of aliphatic carboxylic acids is 1. The smallest absolute Gasteiger partial charge is 0.408 e. The molecule has 0 aliphatic carbocycles. The summed E-state index contributed by atoms with van der Waals surface area (Å²) in [5.74, 6) is -0.819. The predicted molar refractivity (Wildman–Crippen MR) is 85.0 cm³/mol. The van der Waals surface area contributed by atoms with Crippen LogP contribution in [0, 0.1) is 5.92 Å². The molecule has 2 amide bonds. The monoisotopic (exact) mass is 328 g/mol. The number of carbonyl (C=O) groups excluding carboxylic acids is 2. The highest BCUT2D eigenvalue weighted by Gasteiger charge is 2.48. The first-order chi connectivity index (χ1) is 10.4. The normalized spacial score (nSPS) is 21.4. The number of carboxylic acids is 1. The van der Waals surface area contributed by atoms with Crippen LogP contribution in [0.5, 0.6) is 0 Å². The van der Waals surface area contributed by atoms with Gasteiger partial charge in [-0.3, -0.25) is 4.79 Å². The minimum Gasteiger partial charge on any atom is -0.479 e. The summed E-state index contributed by atoms with van der Waals surface area (Å²) in [7, 11) is 0. The van der Waals surface area contributed by atoms with E-state index in [1.54, 1.807) is 20.8 Å².